The molecule has 0 aliphatic carbocycles. The minimum Gasteiger partial charge on any atom is -0.391 e. The van der Waals surface area contributed by atoms with Crippen molar-refractivity contribution in [3.05, 3.63) is 0 Å². The number of rotatable bonds is 4. The average molecular weight is 258 g/mol. The molecule has 2 fully saturated rings. The highest BCUT2D eigenvalue weighted by Crippen LogP contribution is 2.28. The van der Waals surface area contributed by atoms with Crippen molar-refractivity contribution >= 4 is 0 Å². The van der Waals surface area contributed by atoms with Crippen molar-refractivity contribution in [1.82, 2.24) is 10.2 Å². The smallest absolute Gasteiger partial charge is 0.0994 e. The Kier molecular flexibility index (Phi) is 4.61. The van der Waals surface area contributed by atoms with Crippen LogP contribution in [0.4, 0.5) is 0 Å². The molecule has 2 saturated heterocycles. The van der Waals surface area contributed by atoms with E-state index in [1.54, 1.807) is 0 Å². The van der Waals surface area contributed by atoms with Crippen LogP contribution in [0.2, 0.25) is 0 Å². The first-order valence-corrected chi connectivity index (χ1v) is 7.09. The number of piperidine rings is 1. The maximum atomic E-state index is 10.2. The van der Waals surface area contributed by atoms with Gasteiger partial charge in [0.2, 0.25) is 0 Å². The van der Waals surface area contributed by atoms with E-state index in [1.165, 1.54) is 0 Å². The lowest BCUT2D eigenvalue weighted by Gasteiger charge is -2.44. The average Bonchev–Trinajstić information content (AvgIpc) is 2.67. The van der Waals surface area contributed by atoms with Crippen LogP contribution >= 0.6 is 0 Å². The zero-order valence-corrected chi connectivity index (χ0v) is 11.3. The van der Waals surface area contributed by atoms with Crippen molar-refractivity contribution in [3.63, 3.8) is 0 Å². The molecule has 4 N–H and O–H groups in total. The molecule has 0 radical (unpaired) electrons. The normalized spacial score (nSPS) is 42.8. The predicted molar refractivity (Wildman–Crippen MR) is 69.3 cm³/mol. The molecular weight excluding hydrogens is 232 g/mol. The second kappa shape index (κ2) is 5.84. The Morgan fingerprint density at radius 2 is 2.00 bits per heavy atom. The molecule has 6 atom stereocenters. The summed E-state index contributed by atoms with van der Waals surface area (Å²) < 4.78 is 0. The first kappa shape index (κ1) is 14.2. The fourth-order valence-electron chi connectivity index (χ4n) is 3.35. The summed E-state index contributed by atoms with van der Waals surface area (Å²) in [6.45, 7) is 5.74. The Morgan fingerprint density at radius 1 is 1.28 bits per heavy atom. The van der Waals surface area contributed by atoms with Crippen LogP contribution in [0, 0.1) is 0 Å². The number of aliphatic hydroxyl groups excluding tert-OH is 3. The zero-order chi connectivity index (χ0) is 13.3. The fraction of sp³-hybridized carbons (Fsp3) is 1.00. The Hall–Kier alpha value is -0.200. The highest BCUT2D eigenvalue weighted by Gasteiger charge is 2.48. The number of aliphatic hydroxyl groups is 3. The molecule has 0 aromatic heterocycles. The van der Waals surface area contributed by atoms with E-state index in [9.17, 15) is 15.3 Å². The summed E-state index contributed by atoms with van der Waals surface area (Å²) in [6, 6.07) is -0.0615. The maximum absolute atomic E-state index is 10.2. The van der Waals surface area contributed by atoms with E-state index in [4.69, 9.17) is 0 Å². The Bertz CT molecular complexity index is 277. The minimum absolute atomic E-state index is 0.108. The van der Waals surface area contributed by atoms with Gasteiger partial charge in [0.15, 0.2) is 0 Å². The van der Waals surface area contributed by atoms with Crippen LogP contribution in [-0.4, -0.2) is 69.7 Å². The first-order chi connectivity index (χ1) is 8.54. The highest BCUT2D eigenvalue weighted by atomic mass is 16.3. The van der Waals surface area contributed by atoms with E-state index in [1.807, 2.05) is 0 Å². The third-order valence-corrected chi connectivity index (χ3v) is 4.29. The van der Waals surface area contributed by atoms with Crippen LogP contribution in [0.5, 0.6) is 0 Å². The highest BCUT2D eigenvalue weighted by molar-refractivity contribution is 5.03. The standard InChI is InChI=1S/C13H26N2O3/c1-3-4-8(2)14-9-7-15-6-5-10(16)11(15)13(18)12(9)17/h8-14,16-18H,3-7H2,1-2H3/t8?,9-,10?,11?,12+,13+/m0/s1. The molecule has 2 aliphatic heterocycles. The van der Waals surface area contributed by atoms with E-state index >= 15 is 0 Å². The van der Waals surface area contributed by atoms with Gasteiger partial charge in [-0.05, 0) is 19.8 Å². The molecule has 0 saturated carbocycles. The molecule has 2 heterocycles. The van der Waals surface area contributed by atoms with Gasteiger partial charge in [-0.3, -0.25) is 4.90 Å². The Labute approximate surface area is 109 Å². The van der Waals surface area contributed by atoms with Gasteiger partial charge < -0.3 is 20.6 Å². The third kappa shape index (κ3) is 2.70. The molecule has 0 bridgehead atoms. The number of nitrogens with zero attached hydrogens (tertiary/aromatic N) is 1. The lowest BCUT2D eigenvalue weighted by Crippen LogP contribution is -2.65. The van der Waals surface area contributed by atoms with Gasteiger partial charge in [0.25, 0.3) is 0 Å². The van der Waals surface area contributed by atoms with Crippen LogP contribution in [-0.2, 0) is 0 Å². The van der Waals surface area contributed by atoms with E-state index in [0.29, 0.717) is 19.0 Å². The third-order valence-electron chi connectivity index (χ3n) is 4.29. The van der Waals surface area contributed by atoms with E-state index in [0.717, 1.165) is 19.4 Å². The number of fused-ring (bicyclic) bond motifs is 1. The van der Waals surface area contributed by atoms with Gasteiger partial charge >= 0.3 is 0 Å². The van der Waals surface area contributed by atoms with Gasteiger partial charge in [-0.2, -0.15) is 0 Å². The summed E-state index contributed by atoms with van der Waals surface area (Å²) >= 11 is 0. The molecule has 2 aliphatic rings. The summed E-state index contributed by atoms with van der Waals surface area (Å²) in [4.78, 5) is 2.10. The van der Waals surface area contributed by atoms with Crippen molar-refractivity contribution in [2.45, 2.75) is 69.5 Å². The van der Waals surface area contributed by atoms with Crippen molar-refractivity contribution in [2.24, 2.45) is 0 Å². The van der Waals surface area contributed by atoms with Gasteiger partial charge in [-0.25, -0.2) is 0 Å². The number of hydrogen-bond acceptors (Lipinski definition) is 5. The molecule has 3 unspecified atom stereocenters. The summed E-state index contributed by atoms with van der Waals surface area (Å²) in [5, 5.41) is 33.5. The molecule has 2 rings (SSSR count). The second-order valence-corrected chi connectivity index (χ2v) is 5.79. The van der Waals surface area contributed by atoms with Crippen molar-refractivity contribution in [3.8, 4) is 0 Å². The summed E-state index contributed by atoms with van der Waals surface area (Å²) in [6.07, 6.45) is 0.686. The SMILES string of the molecule is CCCC(C)N[C@H]1CN2CCC(O)C2[C@@H](O)[C@@H]1O. The number of nitrogens with one attached hydrogen (secondary N) is 1. The summed E-state index contributed by atoms with van der Waals surface area (Å²) in [5.74, 6) is 0. The molecule has 0 spiro atoms. The van der Waals surface area contributed by atoms with Crippen molar-refractivity contribution < 1.29 is 15.3 Å². The minimum atomic E-state index is -0.859. The van der Waals surface area contributed by atoms with Crippen molar-refractivity contribution in [2.75, 3.05) is 13.1 Å². The monoisotopic (exact) mass is 258 g/mol. The van der Waals surface area contributed by atoms with Crippen LogP contribution < -0.4 is 5.32 Å². The van der Waals surface area contributed by atoms with E-state index in [2.05, 4.69) is 24.1 Å². The summed E-state index contributed by atoms with van der Waals surface area (Å²) in [7, 11) is 0. The van der Waals surface area contributed by atoms with E-state index < -0.39 is 18.3 Å². The van der Waals surface area contributed by atoms with Crippen LogP contribution in [0.1, 0.15) is 33.1 Å². The largest absolute Gasteiger partial charge is 0.391 e. The van der Waals surface area contributed by atoms with Crippen LogP contribution in [0.15, 0.2) is 0 Å². The van der Waals surface area contributed by atoms with Gasteiger partial charge in [-0.15, -0.1) is 0 Å². The van der Waals surface area contributed by atoms with Gasteiger partial charge in [0.1, 0.15) is 0 Å². The van der Waals surface area contributed by atoms with Crippen LogP contribution in [0.25, 0.3) is 0 Å². The van der Waals surface area contributed by atoms with Gasteiger partial charge in [0.05, 0.1) is 24.4 Å². The molecule has 18 heavy (non-hydrogen) atoms. The molecular formula is C13H26N2O3. The van der Waals surface area contributed by atoms with Gasteiger partial charge in [-0.1, -0.05) is 13.3 Å². The van der Waals surface area contributed by atoms with Crippen LogP contribution in [0.3, 0.4) is 0 Å². The zero-order valence-electron chi connectivity index (χ0n) is 11.3. The molecule has 5 heteroatoms. The quantitative estimate of drug-likeness (QED) is 0.537. The predicted octanol–water partition coefficient (Wildman–Crippen LogP) is -0.696. The topological polar surface area (TPSA) is 76.0 Å². The van der Waals surface area contributed by atoms with Gasteiger partial charge in [0, 0.05) is 25.2 Å². The lowest BCUT2D eigenvalue weighted by molar-refractivity contribution is -0.103. The lowest BCUT2D eigenvalue weighted by atomic mass is 9.91. The summed E-state index contributed by atoms with van der Waals surface area (Å²) in [5.41, 5.74) is 0. The maximum Gasteiger partial charge on any atom is 0.0994 e. The first-order valence-electron chi connectivity index (χ1n) is 7.09. The number of hydrogen-bond donors (Lipinski definition) is 4. The molecule has 0 aromatic carbocycles. The van der Waals surface area contributed by atoms with E-state index in [-0.39, 0.29) is 12.1 Å². The molecule has 5 nitrogen and oxygen atoms in total. The Morgan fingerprint density at radius 3 is 2.67 bits per heavy atom. The fourth-order valence-corrected chi connectivity index (χ4v) is 3.35. The Balaban J connectivity index is 1.97. The molecule has 106 valence electrons. The molecule has 0 amide bonds. The second-order valence-electron chi connectivity index (χ2n) is 5.79. The van der Waals surface area contributed by atoms with Crippen molar-refractivity contribution in [1.29, 1.82) is 0 Å². The molecule has 0 aromatic rings.